The van der Waals surface area contributed by atoms with Crippen LogP contribution in [0.4, 0.5) is 5.69 Å². The highest BCUT2D eigenvalue weighted by Crippen LogP contribution is 2.34. The lowest BCUT2D eigenvalue weighted by atomic mass is 10.2. The maximum Gasteiger partial charge on any atom is 0.235 e. The molecular weight excluding hydrogens is 310 g/mol. The summed E-state index contributed by atoms with van der Waals surface area (Å²) in [5.74, 6) is 0.755. The zero-order chi connectivity index (χ0) is 14.4. The van der Waals surface area contributed by atoms with Crippen LogP contribution in [0.1, 0.15) is 24.8 Å². The molecule has 0 amide bonds. The lowest BCUT2D eigenvalue weighted by molar-refractivity contribution is 0.103. The maximum absolute atomic E-state index is 6.23. The van der Waals surface area contributed by atoms with Crippen molar-refractivity contribution in [2.24, 2.45) is 0 Å². The average molecular weight is 322 g/mol. The lowest BCUT2D eigenvalue weighted by Crippen LogP contribution is -2.03. The summed E-state index contributed by atoms with van der Waals surface area (Å²) in [6, 6.07) is 5.36. The fourth-order valence-electron chi connectivity index (χ4n) is 2.43. The molecule has 1 saturated heterocycles. The number of fused-ring (bicyclic) bond motifs is 1. The summed E-state index contributed by atoms with van der Waals surface area (Å²) in [6.07, 6.45) is 1.97. The quantitative estimate of drug-likeness (QED) is 0.734. The number of nitrogen functional groups attached to an aromatic ring is 1. The van der Waals surface area contributed by atoms with E-state index in [9.17, 15) is 0 Å². The number of nitrogens with zero attached hydrogens (tertiary/aromatic N) is 4. The molecule has 0 aliphatic carbocycles. The Morgan fingerprint density at radius 3 is 3.10 bits per heavy atom. The number of aromatic nitrogens is 4. The van der Waals surface area contributed by atoms with Gasteiger partial charge in [-0.3, -0.25) is 0 Å². The molecule has 3 aromatic rings. The van der Waals surface area contributed by atoms with Crippen LogP contribution in [0.3, 0.4) is 0 Å². The van der Waals surface area contributed by atoms with Crippen LogP contribution < -0.4 is 5.73 Å². The van der Waals surface area contributed by atoms with Crippen molar-refractivity contribution in [2.45, 2.75) is 18.9 Å². The molecule has 108 valence electrons. The largest absolute Gasteiger partial charge is 0.399 e. The van der Waals surface area contributed by atoms with Gasteiger partial charge in [0.05, 0.1) is 5.02 Å². The summed E-state index contributed by atoms with van der Waals surface area (Å²) in [6.45, 7) is 0.762. The average Bonchev–Trinajstić information content (AvgIpc) is 3.15. The van der Waals surface area contributed by atoms with Crippen LogP contribution in [0, 0.1) is 0 Å². The number of nitrogens with two attached hydrogens (primary N) is 1. The Kier molecular flexibility index (Phi) is 3.06. The Morgan fingerprint density at radius 1 is 1.38 bits per heavy atom. The van der Waals surface area contributed by atoms with Crippen LogP contribution in [0.15, 0.2) is 18.2 Å². The molecule has 0 bridgehead atoms. The van der Waals surface area contributed by atoms with Crippen LogP contribution in [-0.2, 0) is 4.74 Å². The molecule has 4 rings (SSSR count). The number of hydrogen-bond donors (Lipinski definition) is 1. The zero-order valence-corrected chi connectivity index (χ0v) is 12.6. The van der Waals surface area contributed by atoms with Gasteiger partial charge < -0.3 is 10.5 Å². The first-order valence-electron chi connectivity index (χ1n) is 6.61. The first kappa shape index (κ1) is 13.0. The number of benzene rings is 1. The molecule has 2 N–H and O–H groups in total. The molecule has 6 nitrogen and oxygen atoms in total. The Bertz CT molecular complexity index is 808. The van der Waals surface area contributed by atoms with Gasteiger partial charge in [-0.15, -0.1) is 10.2 Å². The summed E-state index contributed by atoms with van der Waals surface area (Å²) >= 11 is 7.67. The molecule has 1 unspecified atom stereocenters. The summed E-state index contributed by atoms with van der Waals surface area (Å²) in [4.78, 5) is 0.731. The van der Waals surface area contributed by atoms with Gasteiger partial charge >= 0.3 is 0 Å². The molecule has 3 heterocycles. The highest BCUT2D eigenvalue weighted by molar-refractivity contribution is 7.19. The van der Waals surface area contributed by atoms with E-state index in [0.29, 0.717) is 10.7 Å². The smallest absolute Gasteiger partial charge is 0.235 e. The minimum absolute atomic E-state index is 0.0220. The van der Waals surface area contributed by atoms with Gasteiger partial charge in [0.25, 0.3) is 0 Å². The van der Waals surface area contributed by atoms with Crippen LogP contribution >= 0.6 is 22.9 Å². The Hall–Kier alpha value is -1.70. The topological polar surface area (TPSA) is 78.3 Å². The SMILES string of the molecule is Nc1ccc(Cl)c(-c2nn3c(C4CCCO4)nnc3s2)c1. The summed E-state index contributed by atoms with van der Waals surface area (Å²) in [5.41, 5.74) is 7.29. The van der Waals surface area contributed by atoms with Crippen LogP contribution in [0.5, 0.6) is 0 Å². The van der Waals surface area contributed by atoms with Crippen molar-refractivity contribution < 1.29 is 4.74 Å². The van der Waals surface area contributed by atoms with Crippen molar-refractivity contribution in [3.8, 4) is 10.6 Å². The molecular formula is C13H12ClN5OS. The van der Waals surface area contributed by atoms with Crippen molar-refractivity contribution in [1.82, 2.24) is 19.8 Å². The van der Waals surface area contributed by atoms with E-state index in [2.05, 4.69) is 15.3 Å². The minimum atomic E-state index is -0.0220. The summed E-state index contributed by atoms with van der Waals surface area (Å²) in [7, 11) is 0. The number of hydrogen-bond acceptors (Lipinski definition) is 6. The van der Waals surface area contributed by atoms with Gasteiger partial charge in [0.1, 0.15) is 11.1 Å². The van der Waals surface area contributed by atoms with Gasteiger partial charge in [-0.05, 0) is 31.0 Å². The molecule has 0 radical (unpaired) electrons. The number of anilines is 1. The maximum atomic E-state index is 6.23. The van der Waals surface area contributed by atoms with Crippen LogP contribution in [0.2, 0.25) is 5.02 Å². The lowest BCUT2D eigenvalue weighted by Gasteiger charge is -2.04. The Balaban J connectivity index is 1.82. The molecule has 21 heavy (non-hydrogen) atoms. The predicted octanol–water partition coefficient (Wildman–Crippen LogP) is 2.94. The van der Waals surface area contributed by atoms with E-state index in [4.69, 9.17) is 22.1 Å². The van der Waals surface area contributed by atoms with Gasteiger partial charge in [0.15, 0.2) is 5.82 Å². The number of rotatable bonds is 2. The van der Waals surface area contributed by atoms with Crippen molar-refractivity contribution >= 4 is 33.6 Å². The van der Waals surface area contributed by atoms with Crippen LogP contribution in [-0.4, -0.2) is 26.4 Å². The molecule has 8 heteroatoms. The van der Waals surface area contributed by atoms with Gasteiger partial charge in [0.2, 0.25) is 4.96 Å². The minimum Gasteiger partial charge on any atom is -0.399 e. The molecule has 0 spiro atoms. The normalized spacial score (nSPS) is 18.6. The molecule has 1 atom stereocenters. The monoisotopic (exact) mass is 321 g/mol. The van der Waals surface area contributed by atoms with E-state index in [1.165, 1.54) is 11.3 Å². The highest BCUT2D eigenvalue weighted by atomic mass is 35.5. The van der Waals surface area contributed by atoms with Crippen molar-refractivity contribution in [3.05, 3.63) is 29.0 Å². The molecule has 0 saturated carbocycles. The third kappa shape index (κ3) is 2.17. The first-order valence-corrected chi connectivity index (χ1v) is 7.81. The molecule has 1 aromatic carbocycles. The standard InChI is InChI=1S/C13H12ClN5OS/c14-9-4-3-7(15)6-8(9)12-18-19-11(10-2-1-5-20-10)16-17-13(19)21-12/h3-4,6,10H,1-2,5,15H2. The van der Waals surface area contributed by atoms with Gasteiger partial charge in [0, 0.05) is 17.9 Å². The van der Waals surface area contributed by atoms with Crippen molar-refractivity contribution in [1.29, 1.82) is 0 Å². The third-order valence-corrected chi connectivity index (χ3v) is 4.72. The summed E-state index contributed by atoms with van der Waals surface area (Å²) < 4.78 is 7.40. The van der Waals surface area contributed by atoms with Crippen molar-refractivity contribution in [3.63, 3.8) is 0 Å². The van der Waals surface area contributed by atoms with E-state index in [1.54, 1.807) is 16.6 Å². The second-order valence-corrected chi connectivity index (χ2v) is 6.26. The highest BCUT2D eigenvalue weighted by Gasteiger charge is 2.25. The van der Waals surface area contributed by atoms with E-state index in [0.717, 1.165) is 40.8 Å². The predicted molar refractivity (Wildman–Crippen MR) is 81.4 cm³/mol. The number of halogens is 1. The Labute approximate surface area is 129 Å². The van der Waals surface area contributed by atoms with Crippen molar-refractivity contribution in [2.75, 3.05) is 12.3 Å². The van der Waals surface area contributed by atoms with E-state index in [-0.39, 0.29) is 6.10 Å². The summed E-state index contributed by atoms with van der Waals surface area (Å²) in [5, 5.41) is 14.3. The molecule has 1 aliphatic heterocycles. The third-order valence-electron chi connectivity index (χ3n) is 3.45. The fraction of sp³-hybridized carbons (Fsp3) is 0.308. The van der Waals surface area contributed by atoms with E-state index >= 15 is 0 Å². The van der Waals surface area contributed by atoms with Gasteiger partial charge in [-0.1, -0.05) is 22.9 Å². The molecule has 1 aliphatic rings. The van der Waals surface area contributed by atoms with E-state index in [1.807, 2.05) is 6.07 Å². The van der Waals surface area contributed by atoms with E-state index < -0.39 is 0 Å². The van der Waals surface area contributed by atoms with Gasteiger partial charge in [-0.25, -0.2) is 0 Å². The molecule has 2 aromatic heterocycles. The Morgan fingerprint density at radius 2 is 2.29 bits per heavy atom. The van der Waals surface area contributed by atoms with Gasteiger partial charge in [-0.2, -0.15) is 9.61 Å². The number of ether oxygens (including phenoxy) is 1. The van der Waals surface area contributed by atoms with Crippen LogP contribution in [0.25, 0.3) is 15.5 Å². The fourth-order valence-corrected chi connectivity index (χ4v) is 3.57. The first-order chi connectivity index (χ1) is 10.2. The second-order valence-electron chi connectivity index (χ2n) is 4.90. The second kappa shape index (κ2) is 4.94. The zero-order valence-electron chi connectivity index (χ0n) is 11.0. The molecule has 1 fully saturated rings.